The summed E-state index contributed by atoms with van der Waals surface area (Å²) >= 11 is 1.37. The van der Waals surface area contributed by atoms with Crippen LogP contribution < -0.4 is 5.32 Å². The average Bonchev–Trinajstić information content (AvgIpc) is 3.12. The summed E-state index contributed by atoms with van der Waals surface area (Å²) in [5.41, 5.74) is 3.55. The Balaban J connectivity index is 1.51. The second kappa shape index (κ2) is 7.59. The van der Waals surface area contributed by atoms with Gasteiger partial charge in [0, 0.05) is 5.69 Å². The van der Waals surface area contributed by atoms with E-state index >= 15 is 0 Å². The monoisotopic (exact) mass is 375 g/mol. The lowest BCUT2D eigenvalue weighted by molar-refractivity contribution is -0.113. The number of aromatic nitrogens is 4. The van der Waals surface area contributed by atoms with Gasteiger partial charge >= 0.3 is 0 Å². The summed E-state index contributed by atoms with van der Waals surface area (Å²) in [6.07, 6.45) is 3.24. The highest BCUT2D eigenvalue weighted by molar-refractivity contribution is 8.00. The standard InChI is InChI=1S/C20H17N5OS/c1-14-6-5-7-15(10-14)24-18(26)12-27-20-17-11-23-25(19(17)21-13-22-20)16-8-3-2-4-9-16/h2-11,13H,12H2,1H3,(H,24,26). The molecule has 0 saturated carbocycles. The van der Waals surface area contributed by atoms with Crippen molar-refractivity contribution < 1.29 is 4.79 Å². The fourth-order valence-corrected chi connectivity index (χ4v) is 3.51. The molecule has 0 saturated heterocycles. The Morgan fingerprint density at radius 3 is 2.78 bits per heavy atom. The van der Waals surface area contributed by atoms with Gasteiger partial charge in [-0.2, -0.15) is 5.10 Å². The molecule has 2 aromatic heterocycles. The first-order valence-electron chi connectivity index (χ1n) is 8.44. The Kier molecular flexibility index (Phi) is 4.84. The minimum atomic E-state index is -0.0761. The molecule has 1 N–H and O–H groups in total. The molecule has 2 heterocycles. The number of carbonyl (C=O) groups is 1. The number of aryl methyl sites for hydroxylation is 1. The molecule has 0 unspecified atom stereocenters. The van der Waals surface area contributed by atoms with Crippen LogP contribution in [0.5, 0.6) is 0 Å². The molecule has 0 fully saturated rings. The molecule has 1 amide bonds. The summed E-state index contributed by atoms with van der Waals surface area (Å²) in [6, 6.07) is 17.5. The summed E-state index contributed by atoms with van der Waals surface area (Å²) < 4.78 is 1.77. The number of nitrogens with one attached hydrogen (secondary N) is 1. The molecule has 0 aliphatic carbocycles. The van der Waals surface area contributed by atoms with Gasteiger partial charge in [0.05, 0.1) is 23.0 Å². The first kappa shape index (κ1) is 17.2. The molecule has 0 radical (unpaired) electrons. The van der Waals surface area contributed by atoms with Gasteiger partial charge in [-0.1, -0.05) is 42.1 Å². The Morgan fingerprint density at radius 2 is 1.96 bits per heavy atom. The second-order valence-electron chi connectivity index (χ2n) is 6.01. The number of hydrogen-bond donors (Lipinski definition) is 1. The van der Waals surface area contributed by atoms with Gasteiger partial charge in [-0.15, -0.1) is 0 Å². The second-order valence-corrected chi connectivity index (χ2v) is 6.98. The van der Waals surface area contributed by atoms with Gasteiger partial charge < -0.3 is 5.32 Å². The Morgan fingerprint density at radius 1 is 1.11 bits per heavy atom. The van der Waals surface area contributed by atoms with Crippen LogP contribution in [0, 0.1) is 6.92 Å². The number of anilines is 1. The van der Waals surface area contributed by atoms with Crippen LogP contribution in [-0.2, 0) is 4.79 Å². The highest BCUT2D eigenvalue weighted by atomic mass is 32.2. The zero-order valence-electron chi connectivity index (χ0n) is 14.7. The van der Waals surface area contributed by atoms with Crippen LogP contribution in [0.15, 0.2) is 72.1 Å². The highest BCUT2D eigenvalue weighted by Crippen LogP contribution is 2.25. The van der Waals surface area contributed by atoms with E-state index in [1.54, 1.807) is 10.9 Å². The zero-order valence-corrected chi connectivity index (χ0v) is 15.5. The summed E-state index contributed by atoms with van der Waals surface area (Å²) in [7, 11) is 0. The fraction of sp³-hybridized carbons (Fsp3) is 0.100. The number of carbonyl (C=O) groups excluding carboxylic acids is 1. The smallest absolute Gasteiger partial charge is 0.234 e. The number of amides is 1. The van der Waals surface area contributed by atoms with Gasteiger partial charge in [-0.05, 0) is 36.8 Å². The average molecular weight is 375 g/mol. The van der Waals surface area contributed by atoms with Crippen molar-refractivity contribution in [2.24, 2.45) is 0 Å². The molecule has 0 aliphatic rings. The van der Waals surface area contributed by atoms with E-state index in [4.69, 9.17) is 0 Å². The molecule has 0 bridgehead atoms. The van der Waals surface area contributed by atoms with E-state index in [-0.39, 0.29) is 11.7 Å². The van der Waals surface area contributed by atoms with Crippen molar-refractivity contribution in [3.63, 3.8) is 0 Å². The summed E-state index contributed by atoms with van der Waals surface area (Å²) in [5, 5.41) is 8.91. The topological polar surface area (TPSA) is 72.7 Å². The molecule has 2 aromatic carbocycles. The number of thioether (sulfide) groups is 1. The maximum atomic E-state index is 12.3. The molecule has 7 heteroatoms. The van der Waals surface area contributed by atoms with Gasteiger partial charge in [-0.3, -0.25) is 4.79 Å². The first-order valence-corrected chi connectivity index (χ1v) is 9.43. The number of nitrogens with zero attached hydrogens (tertiary/aromatic N) is 4. The summed E-state index contributed by atoms with van der Waals surface area (Å²) in [6.45, 7) is 1.99. The van der Waals surface area contributed by atoms with Crippen LogP contribution in [0.3, 0.4) is 0 Å². The van der Waals surface area contributed by atoms with Gasteiger partial charge in [0.2, 0.25) is 5.91 Å². The number of fused-ring (bicyclic) bond motifs is 1. The van der Waals surface area contributed by atoms with Crippen LogP contribution in [0.4, 0.5) is 5.69 Å². The van der Waals surface area contributed by atoms with Crippen molar-refractivity contribution >= 4 is 34.4 Å². The molecule has 27 heavy (non-hydrogen) atoms. The van der Waals surface area contributed by atoms with Crippen LogP contribution in [0.1, 0.15) is 5.56 Å². The SMILES string of the molecule is Cc1cccc(NC(=O)CSc2ncnc3c2cnn3-c2ccccc2)c1. The van der Waals surface area contributed by atoms with E-state index < -0.39 is 0 Å². The Labute approximate surface area is 160 Å². The van der Waals surface area contributed by atoms with Crippen molar-refractivity contribution in [3.05, 3.63) is 72.7 Å². The van der Waals surface area contributed by atoms with Gasteiger partial charge in [-0.25, -0.2) is 14.6 Å². The Bertz CT molecular complexity index is 1090. The number of rotatable bonds is 5. The largest absolute Gasteiger partial charge is 0.325 e. The van der Waals surface area contributed by atoms with Crippen molar-refractivity contribution in [2.45, 2.75) is 11.9 Å². The van der Waals surface area contributed by atoms with E-state index in [1.165, 1.54) is 18.1 Å². The van der Waals surface area contributed by atoms with Gasteiger partial charge in [0.1, 0.15) is 11.4 Å². The molecular weight excluding hydrogens is 358 g/mol. The zero-order chi connectivity index (χ0) is 18.6. The van der Waals surface area contributed by atoms with E-state index in [2.05, 4.69) is 20.4 Å². The van der Waals surface area contributed by atoms with Crippen LogP contribution in [0.2, 0.25) is 0 Å². The van der Waals surface area contributed by atoms with Crippen molar-refractivity contribution in [1.29, 1.82) is 0 Å². The quantitative estimate of drug-likeness (QED) is 0.424. The number of benzene rings is 2. The normalized spacial score (nSPS) is 10.9. The van der Waals surface area contributed by atoms with Crippen LogP contribution in [-0.4, -0.2) is 31.4 Å². The minimum Gasteiger partial charge on any atom is -0.325 e. The lowest BCUT2D eigenvalue weighted by Crippen LogP contribution is -2.14. The first-order chi connectivity index (χ1) is 13.2. The maximum Gasteiger partial charge on any atom is 0.234 e. The summed E-state index contributed by atoms with van der Waals surface area (Å²) in [4.78, 5) is 20.9. The third kappa shape index (κ3) is 3.83. The van der Waals surface area contributed by atoms with Crippen LogP contribution in [0.25, 0.3) is 16.7 Å². The highest BCUT2D eigenvalue weighted by Gasteiger charge is 2.13. The Hall–Kier alpha value is -3.19. The molecule has 134 valence electrons. The molecule has 0 spiro atoms. The van der Waals surface area contributed by atoms with E-state index in [0.717, 1.165) is 33.0 Å². The molecule has 0 atom stereocenters. The van der Waals surface area contributed by atoms with Crippen molar-refractivity contribution in [1.82, 2.24) is 19.7 Å². The predicted octanol–water partition coefficient (Wildman–Crippen LogP) is 3.85. The lowest BCUT2D eigenvalue weighted by Gasteiger charge is -2.06. The molecule has 6 nitrogen and oxygen atoms in total. The minimum absolute atomic E-state index is 0.0761. The van der Waals surface area contributed by atoms with Crippen molar-refractivity contribution in [3.8, 4) is 5.69 Å². The molecule has 4 aromatic rings. The van der Waals surface area contributed by atoms with Gasteiger partial charge in [0.15, 0.2) is 5.65 Å². The number of hydrogen-bond acceptors (Lipinski definition) is 5. The summed E-state index contributed by atoms with van der Waals surface area (Å²) in [5.74, 6) is 0.184. The predicted molar refractivity (Wildman–Crippen MR) is 107 cm³/mol. The fourth-order valence-electron chi connectivity index (χ4n) is 2.75. The van der Waals surface area contributed by atoms with Crippen LogP contribution >= 0.6 is 11.8 Å². The van der Waals surface area contributed by atoms with E-state index in [9.17, 15) is 4.79 Å². The van der Waals surface area contributed by atoms with Crippen molar-refractivity contribution in [2.75, 3.05) is 11.1 Å². The number of para-hydroxylation sites is 1. The van der Waals surface area contributed by atoms with E-state index in [1.807, 2.05) is 61.5 Å². The third-order valence-electron chi connectivity index (χ3n) is 3.97. The molecule has 0 aliphatic heterocycles. The lowest BCUT2D eigenvalue weighted by atomic mass is 10.2. The van der Waals surface area contributed by atoms with E-state index in [0.29, 0.717) is 0 Å². The third-order valence-corrected chi connectivity index (χ3v) is 4.98. The maximum absolute atomic E-state index is 12.3. The molecule has 4 rings (SSSR count). The molecular formula is C20H17N5OS. The van der Waals surface area contributed by atoms with Gasteiger partial charge in [0.25, 0.3) is 0 Å².